The van der Waals surface area contributed by atoms with Crippen LogP contribution in [0.2, 0.25) is 0 Å². The number of nitrogens with one attached hydrogen (secondary N) is 2. The van der Waals surface area contributed by atoms with E-state index in [1.165, 1.54) is 25.9 Å². The minimum Gasteiger partial charge on any atom is -0.450 e. The number of ether oxygens (including phenoxy) is 1. The van der Waals surface area contributed by atoms with Crippen LogP contribution in [0, 0.1) is 0 Å². The van der Waals surface area contributed by atoms with Crippen molar-refractivity contribution in [3.63, 3.8) is 0 Å². The molecule has 10 heteroatoms. The Labute approximate surface area is 242 Å². The number of hydrogen-bond donors (Lipinski definition) is 2. The molecule has 1 aromatic heterocycles. The molecule has 2 fully saturated rings. The highest BCUT2D eigenvalue weighted by molar-refractivity contribution is 5.94. The number of piperidine rings is 1. The van der Waals surface area contributed by atoms with Gasteiger partial charge < -0.3 is 30.2 Å². The van der Waals surface area contributed by atoms with Crippen LogP contribution in [0.1, 0.15) is 54.9 Å². The summed E-state index contributed by atoms with van der Waals surface area (Å²) in [5, 5.41) is 3.37. The van der Waals surface area contributed by atoms with Crippen molar-refractivity contribution in [3.8, 4) is 0 Å². The summed E-state index contributed by atoms with van der Waals surface area (Å²) in [4.78, 5) is 36.4. The predicted molar refractivity (Wildman–Crippen MR) is 161 cm³/mol. The Morgan fingerprint density at radius 3 is 2.41 bits per heavy atom. The Bertz CT molecular complexity index is 1290. The van der Waals surface area contributed by atoms with Gasteiger partial charge >= 0.3 is 6.09 Å². The summed E-state index contributed by atoms with van der Waals surface area (Å²) >= 11 is 0. The topological polar surface area (TPSA) is 94.4 Å². The lowest BCUT2D eigenvalue weighted by atomic mass is 10.0. The molecule has 0 aliphatic carbocycles. The first-order chi connectivity index (χ1) is 20.1. The van der Waals surface area contributed by atoms with E-state index in [0.717, 1.165) is 60.2 Å². The van der Waals surface area contributed by atoms with Crippen LogP contribution in [0.15, 0.2) is 53.7 Å². The van der Waals surface area contributed by atoms with Crippen LogP contribution < -0.4 is 16.2 Å². The van der Waals surface area contributed by atoms with E-state index in [1.807, 2.05) is 60.1 Å². The molecule has 220 valence electrons. The average molecular weight is 562 g/mol. The van der Waals surface area contributed by atoms with E-state index in [2.05, 4.69) is 27.8 Å². The Kier molecular flexibility index (Phi) is 9.61. The van der Waals surface area contributed by atoms with Gasteiger partial charge in [0, 0.05) is 62.3 Å². The normalized spacial score (nSPS) is 18.8. The van der Waals surface area contributed by atoms with Gasteiger partial charge in [-0.05, 0) is 94.1 Å². The van der Waals surface area contributed by atoms with Gasteiger partial charge in [-0.2, -0.15) is 0 Å². The summed E-state index contributed by atoms with van der Waals surface area (Å²) < 4.78 is 7.04. The number of amides is 2. The summed E-state index contributed by atoms with van der Waals surface area (Å²) in [7, 11) is 1.86. The van der Waals surface area contributed by atoms with Crippen molar-refractivity contribution in [1.82, 2.24) is 19.4 Å². The summed E-state index contributed by atoms with van der Waals surface area (Å²) in [6.45, 7) is 7.79. The second kappa shape index (κ2) is 13.7. The molecule has 2 amide bonds. The number of carbonyl (C=O) groups is 2. The molecule has 2 aromatic rings. The first kappa shape index (κ1) is 28.7. The van der Waals surface area contributed by atoms with Gasteiger partial charge in [0.25, 0.3) is 5.91 Å². The average Bonchev–Trinajstić information content (AvgIpc) is 3.57. The van der Waals surface area contributed by atoms with Crippen LogP contribution in [0.4, 0.5) is 10.5 Å². The Morgan fingerprint density at radius 1 is 1.00 bits per heavy atom. The maximum absolute atomic E-state index is 13.1. The van der Waals surface area contributed by atoms with Crippen LogP contribution in [0.3, 0.4) is 0 Å². The molecule has 1 aromatic carbocycles. The minimum atomic E-state index is -0.273. The third kappa shape index (κ3) is 6.93. The first-order valence-corrected chi connectivity index (χ1v) is 15.0. The largest absolute Gasteiger partial charge is 0.450 e. The standard InChI is InChI=1S/C31H43N7O3/c1-3-41-31(40)37-19-12-24(13-20-37)28-7-6-18-38(32-2)29(28)34-23-33-26-10-8-25(9-11-26)30(39)36-21-14-27(15-22-36)35-16-4-5-17-35/h6-12,18,27,32-33H,3-5,13-17,19-23H2,1-2H3. The third-order valence-electron chi connectivity index (χ3n) is 8.34. The minimum absolute atomic E-state index is 0.118. The van der Waals surface area contributed by atoms with Crippen molar-refractivity contribution < 1.29 is 14.3 Å². The lowest BCUT2D eigenvalue weighted by molar-refractivity contribution is 0.0644. The summed E-state index contributed by atoms with van der Waals surface area (Å²) in [6.07, 6.45) is 9.23. The van der Waals surface area contributed by atoms with Gasteiger partial charge in [-0.25, -0.2) is 14.5 Å². The van der Waals surface area contributed by atoms with Gasteiger partial charge in [-0.3, -0.25) is 4.79 Å². The van der Waals surface area contributed by atoms with Crippen molar-refractivity contribution in [2.24, 2.45) is 4.99 Å². The molecule has 2 saturated heterocycles. The third-order valence-corrected chi connectivity index (χ3v) is 8.34. The predicted octanol–water partition coefficient (Wildman–Crippen LogP) is 3.58. The van der Waals surface area contributed by atoms with E-state index in [-0.39, 0.29) is 12.0 Å². The van der Waals surface area contributed by atoms with Gasteiger partial charge in [0.15, 0.2) is 5.49 Å². The molecule has 0 unspecified atom stereocenters. The van der Waals surface area contributed by atoms with Crippen LogP contribution in [0.25, 0.3) is 5.57 Å². The number of likely N-dealkylation sites (tertiary alicyclic amines) is 2. The number of pyridine rings is 1. The number of carbonyl (C=O) groups excluding carboxylic acids is 2. The van der Waals surface area contributed by atoms with Crippen LogP contribution in [-0.2, 0) is 4.74 Å². The van der Waals surface area contributed by atoms with Gasteiger partial charge in [0.2, 0.25) is 0 Å². The highest BCUT2D eigenvalue weighted by atomic mass is 16.6. The monoisotopic (exact) mass is 561 g/mol. The van der Waals surface area contributed by atoms with Gasteiger partial charge in [-0.15, -0.1) is 0 Å². The smallest absolute Gasteiger partial charge is 0.410 e. The van der Waals surface area contributed by atoms with Gasteiger partial charge in [-0.1, -0.05) is 6.08 Å². The molecule has 3 aliphatic heterocycles. The number of hydrogen-bond acceptors (Lipinski definition) is 7. The zero-order chi connectivity index (χ0) is 28.6. The van der Waals surface area contributed by atoms with Crippen molar-refractivity contribution in [3.05, 3.63) is 65.3 Å². The number of rotatable bonds is 8. The maximum atomic E-state index is 13.1. The number of nitrogens with zero attached hydrogens (tertiary/aromatic N) is 5. The maximum Gasteiger partial charge on any atom is 0.410 e. The molecule has 2 N–H and O–H groups in total. The molecular formula is C31H43N7O3. The highest BCUT2D eigenvalue weighted by Gasteiger charge is 2.28. The molecule has 5 rings (SSSR count). The fraction of sp³-hybridized carbons (Fsp3) is 0.516. The second-order valence-corrected chi connectivity index (χ2v) is 10.8. The molecule has 10 nitrogen and oxygen atoms in total. The quantitative estimate of drug-likeness (QED) is 0.512. The molecule has 4 heterocycles. The zero-order valence-corrected chi connectivity index (χ0v) is 24.3. The van der Waals surface area contributed by atoms with E-state index < -0.39 is 0 Å². The van der Waals surface area contributed by atoms with Crippen molar-refractivity contribution in [2.45, 2.75) is 45.1 Å². The van der Waals surface area contributed by atoms with E-state index in [1.54, 1.807) is 4.90 Å². The summed E-state index contributed by atoms with van der Waals surface area (Å²) in [5.41, 5.74) is 7.81. The van der Waals surface area contributed by atoms with Crippen molar-refractivity contribution in [2.75, 3.05) is 70.3 Å². The Morgan fingerprint density at radius 2 is 1.76 bits per heavy atom. The summed E-state index contributed by atoms with van der Waals surface area (Å²) in [6, 6.07) is 12.4. The molecule has 0 bridgehead atoms. The number of benzene rings is 1. The highest BCUT2D eigenvalue weighted by Crippen LogP contribution is 2.23. The number of aromatic nitrogens is 1. The molecular weight excluding hydrogens is 518 g/mol. The molecule has 3 aliphatic rings. The first-order valence-electron chi connectivity index (χ1n) is 15.0. The lowest BCUT2D eigenvalue weighted by Crippen LogP contribution is -2.45. The summed E-state index contributed by atoms with van der Waals surface area (Å²) in [5.74, 6) is 0.118. The van der Waals surface area contributed by atoms with Crippen molar-refractivity contribution >= 4 is 23.3 Å². The lowest BCUT2D eigenvalue weighted by Gasteiger charge is -2.36. The van der Waals surface area contributed by atoms with E-state index in [9.17, 15) is 9.59 Å². The number of anilines is 1. The fourth-order valence-electron chi connectivity index (χ4n) is 6.05. The van der Waals surface area contributed by atoms with Crippen LogP contribution in [0.5, 0.6) is 0 Å². The van der Waals surface area contributed by atoms with E-state index in [4.69, 9.17) is 9.73 Å². The Balaban J connectivity index is 1.20. The Hall–Kier alpha value is -3.79. The van der Waals surface area contributed by atoms with E-state index >= 15 is 0 Å². The SMILES string of the molecule is CCOC(=O)N1CC=C(c2cccn(NC)c2=NCNc2ccc(C(=O)N3CCC(N4CCCC4)CC3)cc2)CC1. The molecule has 0 saturated carbocycles. The second-order valence-electron chi connectivity index (χ2n) is 10.8. The van der Waals surface area contributed by atoms with E-state index in [0.29, 0.717) is 32.4 Å². The van der Waals surface area contributed by atoms with Gasteiger partial charge in [0.05, 0.1) is 6.61 Å². The molecule has 0 spiro atoms. The zero-order valence-electron chi connectivity index (χ0n) is 24.3. The fourth-order valence-corrected chi connectivity index (χ4v) is 6.05. The molecule has 0 atom stereocenters. The molecule has 41 heavy (non-hydrogen) atoms. The van der Waals surface area contributed by atoms with Gasteiger partial charge in [0.1, 0.15) is 6.67 Å². The molecule has 0 radical (unpaired) electrons. The van der Waals surface area contributed by atoms with Crippen molar-refractivity contribution in [1.29, 1.82) is 0 Å². The van der Waals surface area contributed by atoms with Crippen LogP contribution in [-0.4, -0.2) is 97.0 Å². The van der Waals surface area contributed by atoms with Crippen LogP contribution >= 0.6 is 0 Å².